The molecule has 9 nitrogen and oxygen atoms in total. The molecule has 0 unspecified atom stereocenters. The van der Waals surface area contributed by atoms with Crippen molar-refractivity contribution in [1.29, 1.82) is 0 Å². The fourth-order valence-corrected chi connectivity index (χ4v) is 5.09. The van der Waals surface area contributed by atoms with Gasteiger partial charge in [-0.05, 0) is 53.4 Å². The summed E-state index contributed by atoms with van der Waals surface area (Å²) >= 11 is 0. The van der Waals surface area contributed by atoms with Crippen molar-refractivity contribution in [3.05, 3.63) is 107 Å². The minimum absolute atomic E-state index is 0.0527. The molecule has 2 aromatic heterocycles. The van der Waals surface area contributed by atoms with Crippen molar-refractivity contribution in [1.82, 2.24) is 24.0 Å². The number of halogens is 1. The Hall–Kier alpha value is -4.67. The van der Waals surface area contributed by atoms with Gasteiger partial charge in [0.15, 0.2) is 11.2 Å². The number of rotatable bonds is 6. The summed E-state index contributed by atoms with van der Waals surface area (Å²) in [6.45, 7) is 2.08. The lowest BCUT2D eigenvalue weighted by Gasteiger charge is -2.18. The summed E-state index contributed by atoms with van der Waals surface area (Å²) in [5.41, 5.74) is 8.66. The van der Waals surface area contributed by atoms with Crippen LogP contribution in [-0.2, 0) is 6.54 Å². The molecule has 1 amide bonds. The number of benzene rings is 3. The number of hydrogen-bond donors (Lipinski definition) is 2. The molecule has 1 aliphatic heterocycles. The predicted molar refractivity (Wildman–Crippen MR) is 144 cm³/mol. The number of likely N-dealkylation sites (tertiary alicyclic amines) is 1. The van der Waals surface area contributed by atoms with Crippen LogP contribution in [0.25, 0.3) is 33.7 Å². The Morgan fingerprint density at radius 1 is 1.03 bits per heavy atom. The fraction of sp³-hybridized carbons (Fsp3) is 0.172. The van der Waals surface area contributed by atoms with Crippen molar-refractivity contribution in [3.8, 4) is 22.5 Å². The zero-order valence-electron chi connectivity index (χ0n) is 20.9. The highest BCUT2D eigenvalue weighted by molar-refractivity contribution is 5.93. The van der Waals surface area contributed by atoms with E-state index in [1.165, 1.54) is 23.3 Å². The summed E-state index contributed by atoms with van der Waals surface area (Å²) in [5.74, 6) is -1.18. The van der Waals surface area contributed by atoms with Crippen LogP contribution in [0.15, 0.2) is 84.2 Å². The van der Waals surface area contributed by atoms with Gasteiger partial charge in [0.25, 0.3) is 5.56 Å². The van der Waals surface area contributed by atoms with Crippen LogP contribution in [-0.4, -0.2) is 54.2 Å². The number of aliphatic hydroxyl groups is 1. The second kappa shape index (κ2) is 9.90. The first-order valence-corrected chi connectivity index (χ1v) is 12.5. The van der Waals surface area contributed by atoms with Gasteiger partial charge in [0.05, 0.1) is 11.8 Å². The third-order valence-electron chi connectivity index (χ3n) is 7.05. The molecule has 39 heavy (non-hydrogen) atoms. The van der Waals surface area contributed by atoms with E-state index >= 15 is 4.39 Å². The zero-order chi connectivity index (χ0) is 27.1. The van der Waals surface area contributed by atoms with E-state index in [4.69, 9.17) is 5.73 Å². The Balaban J connectivity index is 1.38. The van der Waals surface area contributed by atoms with E-state index in [1.807, 2.05) is 24.3 Å². The van der Waals surface area contributed by atoms with Crippen molar-refractivity contribution in [3.63, 3.8) is 0 Å². The van der Waals surface area contributed by atoms with Crippen molar-refractivity contribution in [2.45, 2.75) is 19.1 Å². The number of β-amino-alcohol motifs (C(OH)–C–C–N with tert-alkyl or cyclic N) is 1. The Labute approximate surface area is 222 Å². The fourth-order valence-electron chi connectivity index (χ4n) is 5.09. The van der Waals surface area contributed by atoms with E-state index in [0.29, 0.717) is 24.3 Å². The average Bonchev–Trinajstić information content (AvgIpc) is 3.56. The topological polar surface area (TPSA) is 119 Å². The second-order valence-electron chi connectivity index (χ2n) is 9.62. The average molecular weight is 525 g/mol. The van der Waals surface area contributed by atoms with Gasteiger partial charge in [-0.3, -0.25) is 23.6 Å². The van der Waals surface area contributed by atoms with Crippen molar-refractivity contribution < 1.29 is 14.3 Å². The van der Waals surface area contributed by atoms with Gasteiger partial charge in [0.1, 0.15) is 18.5 Å². The first-order chi connectivity index (χ1) is 18.9. The van der Waals surface area contributed by atoms with Gasteiger partial charge < -0.3 is 10.8 Å². The number of carbonyl (C=O) groups is 1. The summed E-state index contributed by atoms with van der Waals surface area (Å²) in [7, 11) is 0. The highest BCUT2D eigenvalue weighted by Gasteiger charge is 2.21. The standard InChI is InChI=1S/C29H25FN6O3/c30-24-13-18(23-7-2-1-4-20(23)14-34-11-10-22(37)15-34)8-9-25(24)36-17-33-28-26(29(36)39)35(16-32-28)21-6-3-5-19(12-21)27(31)38/h1-9,12-13,16-17,22,37H,10-11,14-15H2,(H2,31,38)/t22-/m0/s1. The van der Waals surface area contributed by atoms with Crippen LogP contribution in [0.5, 0.6) is 0 Å². The molecule has 1 saturated heterocycles. The monoisotopic (exact) mass is 524 g/mol. The first kappa shape index (κ1) is 24.7. The third-order valence-corrected chi connectivity index (χ3v) is 7.05. The van der Waals surface area contributed by atoms with Crippen LogP contribution in [0.2, 0.25) is 0 Å². The number of imidazole rings is 1. The van der Waals surface area contributed by atoms with Gasteiger partial charge >= 0.3 is 0 Å². The predicted octanol–water partition coefficient (Wildman–Crippen LogP) is 3.04. The summed E-state index contributed by atoms with van der Waals surface area (Å²) in [6.07, 6.45) is 3.11. The minimum atomic E-state index is -0.599. The quantitative estimate of drug-likeness (QED) is 0.353. The molecule has 0 bridgehead atoms. The van der Waals surface area contributed by atoms with Crippen LogP contribution in [0.4, 0.5) is 4.39 Å². The molecule has 3 aromatic carbocycles. The molecule has 5 aromatic rings. The van der Waals surface area contributed by atoms with Crippen LogP contribution in [0.3, 0.4) is 0 Å². The van der Waals surface area contributed by atoms with Gasteiger partial charge in [-0.25, -0.2) is 14.4 Å². The van der Waals surface area contributed by atoms with Crippen LogP contribution in [0.1, 0.15) is 22.3 Å². The largest absolute Gasteiger partial charge is 0.392 e. The second-order valence-corrected chi connectivity index (χ2v) is 9.62. The van der Waals surface area contributed by atoms with Gasteiger partial charge in [-0.1, -0.05) is 36.4 Å². The maximum absolute atomic E-state index is 15.6. The minimum Gasteiger partial charge on any atom is -0.392 e. The van der Waals surface area contributed by atoms with Gasteiger partial charge in [0, 0.05) is 30.9 Å². The Morgan fingerprint density at radius 2 is 1.82 bits per heavy atom. The first-order valence-electron chi connectivity index (χ1n) is 12.5. The number of hydrogen-bond acceptors (Lipinski definition) is 6. The maximum Gasteiger partial charge on any atom is 0.284 e. The maximum atomic E-state index is 15.6. The summed E-state index contributed by atoms with van der Waals surface area (Å²) in [4.78, 5) is 35.9. The molecular formula is C29H25FN6O3. The summed E-state index contributed by atoms with van der Waals surface area (Å²) in [5, 5.41) is 9.88. The molecule has 6 rings (SSSR count). The van der Waals surface area contributed by atoms with Crippen LogP contribution < -0.4 is 11.3 Å². The molecule has 0 aliphatic carbocycles. The Morgan fingerprint density at radius 3 is 2.56 bits per heavy atom. The molecule has 1 atom stereocenters. The summed E-state index contributed by atoms with van der Waals surface area (Å²) < 4.78 is 18.2. The highest BCUT2D eigenvalue weighted by Crippen LogP contribution is 2.28. The SMILES string of the molecule is NC(=O)c1cccc(-n2cnc3ncn(-c4ccc(-c5ccccc5CN5CC[C@H](O)C5)cc4F)c(=O)c32)c1. The Bertz CT molecular complexity index is 1780. The Kier molecular flexibility index (Phi) is 6.26. The number of aromatic nitrogens is 4. The number of nitrogens with two attached hydrogens (primary N) is 1. The molecule has 0 spiro atoms. The molecule has 0 radical (unpaired) electrons. The number of nitrogens with zero attached hydrogens (tertiary/aromatic N) is 5. The normalized spacial score (nSPS) is 15.7. The van der Waals surface area contributed by atoms with E-state index in [2.05, 4.69) is 14.9 Å². The number of amides is 1. The lowest BCUT2D eigenvalue weighted by atomic mass is 9.99. The molecule has 0 saturated carbocycles. The van der Waals surface area contributed by atoms with E-state index in [0.717, 1.165) is 28.7 Å². The van der Waals surface area contributed by atoms with E-state index in [9.17, 15) is 14.7 Å². The lowest BCUT2D eigenvalue weighted by Crippen LogP contribution is -2.22. The number of aliphatic hydroxyl groups excluding tert-OH is 1. The number of primary amides is 1. The van der Waals surface area contributed by atoms with Crippen LogP contribution in [0, 0.1) is 5.82 Å². The van der Waals surface area contributed by atoms with Crippen LogP contribution >= 0.6 is 0 Å². The lowest BCUT2D eigenvalue weighted by molar-refractivity contribution is 0.1000. The number of fused-ring (bicyclic) bond motifs is 1. The highest BCUT2D eigenvalue weighted by atomic mass is 19.1. The smallest absolute Gasteiger partial charge is 0.284 e. The number of carbonyl (C=O) groups excluding carboxylic acids is 1. The molecule has 1 fully saturated rings. The molecule has 1 aliphatic rings. The van der Waals surface area contributed by atoms with Crippen molar-refractivity contribution >= 4 is 17.1 Å². The van der Waals surface area contributed by atoms with Gasteiger partial charge in [-0.15, -0.1) is 0 Å². The molecule has 10 heteroatoms. The molecule has 196 valence electrons. The van der Waals surface area contributed by atoms with Gasteiger partial charge in [-0.2, -0.15) is 0 Å². The van der Waals surface area contributed by atoms with Crippen molar-refractivity contribution in [2.24, 2.45) is 5.73 Å². The van der Waals surface area contributed by atoms with E-state index in [-0.39, 0.29) is 28.5 Å². The zero-order valence-corrected chi connectivity index (χ0v) is 20.9. The third kappa shape index (κ3) is 4.60. The summed E-state index contributed by atoms with van der Waals surface area (Å²) in [6, 6.07) is 19.0. The van der Waals surface area contributed by atoms with Crippen molar-refractivity contribution in [2.75, 3.05) is 13.1 Å². The molecule has 3 heterocycles. The van der Waals surface area contributed by atoms with E-state index in [1.54, 1.807) is 36.4 Å². The molecular weight excluding hydrogens is 499 g/mol. The molecule has 3 N–H and O–H groups in total. The van der Waals surface area contributed by atoms with Gasteiger partial charge in [0.2, 0.25) is 5.91 Å². The van der Waals surface area contributed by atoms with E-state index < -0.39 is 17.3 Å².